The number of ether oxygens (including phenoxy) is 1. The van der Waals surface area contributed by atoms with E-state index in [4.69, 9.17) is 4.74 Å². The van der Waals surface area contributed by atoms with Crippen molar-refractivity contribution in [3.8, 4) is 0 Å². The molecule has 0 fully saturated rings. The topological polar surface area (TPSA) is 124 Å². The number of amides is 2. The van der Waals surface area contributed by atoms with Crippen molar-refractivity contribution >= 4 is 29.3 Å². The minimum atomic E-state index is -0.917. The lowest BCUT2D eigenvalue weighted by atomic mass is 10.1. The van der Waals surface area contributed by atoms with Gasteiger partial charge in [-0.15, -0.1) is 0 Å². The first-order valence-corrected chi connectivity index (χ1v) is 7.77. The number of fused-ring (bicyclic) bond motifs is 1. The Balaban J connectivity index is 1.57. The van der Waals surface area contributed by atoms with E-state index in [1.54, 1.807) is 12.1 Å². The molecule has 1 aliphatic rings. The summed E-state index contributed by atoms with van der Waals surface area (Å²) in [5.41, 5.74) is 0.373. The minimum Gasteiger partial charge on any atom is -0.456 e. The van der Waals surface area contributed by atoms with E-state index in [0.717, 1.165) is 17.0 Å². The number of ketones is 1. The molecule has 2 amide bonds. The molecule has 9 heteroatoms. The fraction of sp³-hybridized carbons (Fsp3) is 0.111. The Morgan fingerprint density at radius 1 is 0.963 bits per heavy atom. The smallest absolute Gasteiger partial charge is 0.326 e. The number of hydrogen-bond acceptors (Lipinski definition) is 7. The van der Waals surface area contributed by atoms with Gasteiger partial charge in [0.15, 0.2) is 12.4 Å². The Morgan fingerprint density at radius 3 is 2.04 bits per heavy atom. The number of benzene rings is 2. The first-order valence-electron chi connectivity index (χ1n) is 7.77. The van der Waals surface area contributed by atoms with E-state index < -0.39 is 41.6 Å². The number of carbonyl (C=O) groups excluding carboxylic acids is 4. The molecule has 0 saturated carbocycles. The summed E-state index contributed by atoms with van der Waals surface area (Å²) in [6.07, 6.45) is 0. The Kier molecular flexibility index (Phi) is 4.75. The summed E-state index contributed by atoms with van der Waals surface area (Å²) in [6.45, 7) is -1.22. The van der Waals surface area contributed by atoms with Crippen LogP contribution in [0.4, 0.5) is 5.69 Å². The number of imide groups is 1. The fourth-order valence-electron chi connectivity index (χ4n) is 2.56. The maximum atomic E-state index is 12.2. The van der Waals surface area contributed by atoms with Crippen LogP contribution < -0.4 is 0 Å². The SMILES string of the molecule is O=C(CN1C(=O)c2ccccc2C1=O)OCC(=O)c1ccc([N+](=O)[O-])cc1. The molecule has 1 aliphatic heterocycles. The third-order valence-electron chi connectivity index (χ3n) is 3.93. The van der Waals surface area contributed by atoms with Gasteiger partial charge >= 0.3 is 5.97 Å². The highest BCUT2D eigenvalue weighted by Gasteiger charge is 2.36. The molecule has 3 rings (SSSR count). The third-order valence-corrected chi connectivity index (χ3v) is 3.93. The molecule has 0 aromatic heterocycles. The number of nitrogens with zero attached hydrogens (tertiary/aromatic N) is 2. The van der Waals surface area contributed by atoms with Gasteiger partial charge in [-0.3, -0.25) is 34.2 Å². The number of nitro benzene ring substituents is 1. The Labute approximate surface area is 152 Å². The van der Waals surface area contributed by atoms with E-state index in [2.05, 4.69) is 0 Å². The van der Waals surface area contributed by atoms with Gasteiger partial charge in [0.05, 0.1) is 16.1 Å². The summed E-state index contributed by atoms with van der Waals surface area (Å²) in [4.78, 5) is 59.0. The molecule has 2 aromatic rings. The second-order valence-electron chi connectivity index (χ2n) is 5.63. The van der Waals surface area contributed by atoms with Gasteiger partial charge in [-0.25, -0.2) is 0 Å². The Bertz CT molecular complexity index is 931. The number of esters is 1. The molecule has 9 nitrogen and oxygen atoms in total. The number of non-ortho nitro benzene ring substituents is 1. The minimum absolute atomic E-state index is 0.133. The second kappa shape index (κ2) is 7.16. The van der Waals surface area contributed by atoms with Crippen molar-refractivity contribution in [2.75, 3.05) is 13.2 Å². The largest absolute Gasteiger partial charge is 0.456 e. The number of rotatable bonds is 6. The highest BCUT2D eigenvalue weighted by molar-refractivity contribution is 6.22. The average Bonchev–Trinajstić information content (AvgIpc) is 2.91. The van der Waals surface area contributed by atoms with Crippen LogP contribution >= 0.6 is 0 Å². The summed E-state index contributed by atoms with van der Waals surface area (Å²) in [6, 6.07) is 11.0. The van der Waals surface area contributed by atoms with E-state index in [1.165, 1.54) is 24.3 Å². The van der Waals surface area contributed by atoms with Crippen LogP contribution in [-0.4, -0.2) is 46.5 Å². The zero-order valence-corrected chi connectivity index (χ0v) is 13.8. The Morgan fingerprint density at radius 2 is 1.52 bits per heavy atom. The molecule has 0 radical (unpaired) electrons. The van der Waals surface area contributed by atoms with E-state index in [1.807, 2.05) is 0 Å². The Hall–Kier alpha value is -3.88. The lowest BCUT2D eigenvalue weighted by Crippen LogP contribution is -2.36. The summed E-state index contributed by atoms with van der Waals surface area (Å²) in [7, 11) is 0. The maximum Gasteiger partial charge on any atom is 0.326 e. The zero-order chi connectivity index (χ0) is 19.6. The van der Waals surface area contributed by atoms with Crippen LogP contribution in [0.3, 0.4) is 0 Å². The van der Waals surface area contributed by atoms with Crippen LogP contribution in [0.5, 0.6) is 0 Å². The van der Waals surface area contributed by atoms with Gasteiger partial charge < -0.3 is 4.74 Å². The molecular formula is C18H12N2O7. The van der Waals surface area contributed by atoms with E-state index in [0.29, 0.717) is 0 Å². The molecule has 0 atom stereocenters. The van der Waals surface area contributed by atoms with Crippen molar-refractivity contribution in [1.29, 1.82) is 0 Å². The van der Waals surface area contributed by atoms with Crippen molar-refractivity contribution in [3.63, 3.8) is 0 Å². The monoisotopic (exact) mass is 368 g/mol. The van der Waals surface area contributed by atoms with Crippen LogP contribution in [0.25, 0.3) is 0 Å². The highest BCUT2D eigenvalue weighted by atomic mass is 16.6. The molecule has 0 saturated heterocycles. The van der Waals surface area contributed by atoms with Gasteiger partial charge in [-0.1, -0.05) is 12.1 Å². The standard InChI is InChI=1S/C18H12N2O7/c21-15(11-5-7-12(8-6-11)20(25)26)10-27-16(22)9-19-17(23)13-3-1-2-4-14(13)18(19)24/h1-8H,9-10H2. The van der Waals surface area contributed by atoms with Crippen molar-refractivity contribution in [2.45, 2.75) is 0 Å². The quantitative estimate of drug-likeness (QED) is 0.249. The van der Waals surface area contributed by atoms with Crippen molar-refractivity contribution in [1.82, 2.24) is 4.90 Å². The van der Waals surface area contributed by atoms with E-state index >= 15 is 0 Å². The van der Waals surface area contributed by atoms with Crippen LogP contribution in [0.15, 0.2) is 48.5 Å². The molecule has 0 bridgehead atoms. The number of Topliss-reactive ketones (excluding diaryl/α,β-unsaturated/α-hetero) is 1. The molecule has 0 spiro atoms. The third kappa shape index (κ3) is 3.56. The first kappa shape index (κ1) is 17.9. The average molecular weight is 368 g/mol. The summed E-state index contributed by atoms with van der Waals surface area (Å²) >= 11 is 0. The zero-order valence-electron chi connectivity index (χ0n) is 13.8. The molecule has 27 heavy (non-hydrogen) atoms. The summed E-state index contributed by atoms with van der Waals surface area (Å²) in [5, 5.41) is 10.6. The van der Waals surface area contributed by atoms with Gasteiger partial charge in [0.2, 0.25) is 0 Å². The van der Waals surface area contributed by atoms with Crippen LogP contribution in [0.2, 0.25) is 0 Å². The van der Waals surface area contributed by atoms with E-state index in [-0.39, 0.29) is 22.4 Å². The second-order valence-corrected chi connectivity index (χ2v) is 5.63. The van der Waals surface area contributed by atoms with Crippen LogP contribution in [0.1, 0.15) is 31.1 Å². The highest BCUT2D eigenvalue weighted by Crippen LogP contribution is 2.22. The van der Waals surface area contributed by atoms with Gasteiger partial charge in [0.25, 0.3) is 17.5 Å². The van der Waals surface area contributed by atoms with Gasteiger partial charge in [-0.2, -0.15) is 0 Å². The predicted molar refractivity (Wildman–Crippen MR) is 90.2 cm³/mol. The fourth-order valence-corrected chi connectivity index (χ4v) is 2.56. The lowest BCUT2D eigenvalue weighted by Gasteiger charge is -2.12. The van der Waals surface area contributed by atoms with Gasteiger partial charge in [0, 0.05) is 17.7 Å². The molecular weight excluding hydrogens is 356 g/mol. The lowest BCUT2D eigenvalue weighted by molar-refractivity contribution is -0.384. The van der Waals surface area contributed by atoms with Gasteiger partial charge in [0.1, 0.15) is 6.54 Å². The molecule has 1 heterocycles. The molecule has 2 aromatic carbocycles. The summed E-state index contributed by atoms with van der Waals surface area (Å²) in [5.74, 6) is -2.69. The summed E-state index contributed by atoms with van der Waals surface area (Å²) < 4.78 is 4.82. The van der Waals surface area contributed by atoms with Crippen molar-refractivity contribution in [3.05, 3.63) is 75.3 Å². The first-order chi connectivity index (χ1) is 12.9. The predicted octanol–water partition coefficient (Wildman–Crippen LogP) is 1.62. The molecule has 0 N–H and O–H groups in total. The number of hydrogen-bond donors (Lipinski definition) is 0. The van der Waals surface area contributed by atoms with E-state index in [9.17, 15) is 29.3 Å². The number of nitro groups is 1. The van der Waals surface area contributed by atoms with Crippen molar-refractivity contribution in [2.24, 2.45) is 0 Å². The van der Waals surface area contributed by atoms with Crippen molar-refractivity contribution < 1.29 is 28.8 Å². The van der Waals surface area contributed by atoms with Gasteiger partial charge in [-0.05, 0) is 24.3 Å². The number of carbonyl (C=O) groups is 4. The molecule has 0 aliphatic carbocycles. The normalized spacial score (nSPS) is 12.7. The van der Waals surface area contributed by atoms with Crippen LogP contribution in [0, 0.1) is 10.1 Å². The van der Waals surface area contributed by atoms with Crippen LogP contribution in [-0.2, 0) is 9.53 Å². The maximum absolute atomic E-state index is 12.2. The molecule has 0 unspecified atom stereocenters. The molecule has 136 valence electrons.